The Balaban J connectivity index is 1.44. The van der Waals surface area contributed by atoms with Crippen molar-refractivity contribution in [1.29, 1.82) is 0 Å². The number of carbonyl (C=O) groups is 2. The van der Waals surface area contributed by atoms with Crippen LogP contribution < -0.4 is 24.4 Å². The van der Waals surface area contributed by atoms with Gasteiger partial charge in [-0.15, -0.1) is 0 Å². The predicted octanol–water partition coefficient (Wildman–Crippen LogP) is 6.54. The molecule has 190 valence electrons. The molecular weight excluding hydrogens is 600 g/mol. The smallest absolute Gasteiger partial charge is 0.270 e. The van der Waals surface area contributed by atoms with Gasteiger partial charge in [-0.1, -0.05) is 41.6 Å². The van der Waals surface area contributed by atoms with Crippen molar-refractivity contribution >= 4 is 85.1 Å². The van der Waals surface area contributed by atoms with Crippen LogP contribution in [0.4, 0.5) is 11.4 Å². The molecule has 0 aromatic heterocycles. The zero-order chi connectivity index (χ0) is 26.5. The van der Waals surface area contributed by atoms with Crippen molar-refractivity contribution in [3.05, 3.63) is 80.6 Å². The number of carbonyl (C=O) groups excluding carboxylic acids is 2. The number of hydrogen-bond donors (Lipinski definition) is 1. The van der Waals surface area contributed by atoms with Crippen molar-refractivity contribution < 1.29 is 23.8 Å². The van der Waals surface area contributed by atoms with Crippen LogP contribution in [0, 0.1) is 0 Å². The Morgan fingerprint density at radius 1 is 1.08 bits per heavy atom. The molecule has 1 aliphatic heterocycles. The fourth-order valence-electron chi connectivity index (χ4n) is 3.38. The maximum atomic E-state index is 13.1. The molecule has 0 saturated carbocycles. The lowest BCUT2D eigenvalue weighted by atomic mass is 10.1. The first kappa shape index (κ1) is 27.0. The molecule has 1 saturated heterocycles. The van der Waals surface area contributed by atoms with E-state index in [0.29, 0.717) is 48.4 Å². The molecule has 0 unspecified atom stereocenters. The molecule has 0 bridgehead atoms. The molecule has 4 rings (SSSR count). The normalized spacial score (nSPS) is 14.2. The quantitative estimate of drug-likeness (QED) is 0.227. The van der Waals surface area contributed by atoms with Gasteiger partial charge < -0.3 is 19.5 Å². The number of thioether (sulfide) groups is 1. The van der Waals surface area contributed by atoms with E-state index in [1.807, 2.05) is 0 Å². The lowest BCUT2D eigenvalue weighted by Crippen LogP contribution is -2.27. The second kappa shape index (κ2) is 12.0. The lowest BCUT2D eigenvalue weighted by Gasteiger charge is -2.14. The summed E-state index contributed by atoms with van der Waals surface area (Å²) in [7, 11) is 3.08. The Morgan fingerprint density at radius 2 is 1.84 bits per heavy atom. The van der Waals surface area contributed by atoms with Crippen LogP contribution in [-0.2, 0) is 9.59 Å². The highest BCUT2D eigenvalue weighted by Gasteiger charge is 2.33. The average molecular weight is 620 g/mol. The number of rotatable bonds is 8. The number of hydrogen-bond acceptors (Lipinski definition) is 7. The van der Waals surface area contributed by atoms with Gasteiger partial charge in [-0.3, -0.25) is 14.5 Å². The van der Waals surface area contributed by atoms with E-state index in [-0.39, 0.29) is 18.4 Å². The Labute approximate surface area is 236 Å². The molecule has 1 heterocycles. The van der Waals surface area contributed by atoms with Crippen molar-refractivity contribution in [2.75, 3.05) is 31.0 Å². The SMILES string of the molecule is COc1ccc(N2C(=O)/C(=C/c3ccc(OCC(=O)Nc4ccc(Br)c(Cl)c4)c(OC)c3)SC2=S)cc1. The first-order valence-corrected chi connectivity index (χ1v) is 13.2. The van der Waals surface area contributed by atoms with E-state index in [1.165, 1.54) is 23.8 Å². The predicted molar refractivity (Wildman–Crippen MR) is 155 cm³/mol. The van der Waals surface area contributed by atoms with Gasteiger partial charge in [0.25, 0.3) is 11.8 Å². The van der Waals surface area contributed by atoms with Gasteiger partial charge in [-0.05, 0) is 82.2 Å². The summed E-state index contributed by atoms with van der Waals surface area (Å²) in [4.78, 5) is 27.4. The zero-order valence-corrected chi connectivity index (χ0v) is 23.6. The van der Waals surface area contributed by atoms with Crippen molar-refractivity contribution in [2.45, 2.75) is 0 Å². The first-order valence-electron chi connectivity index (χ1n) is 10.8. The summed E-state index contributed by atoms with van der Waals surface area (Å²) in [6, 6.07) is 17.4. The van der Waals surface area contributed by atoms with E-state index in [2.05, 4.69) is 21.2 Å². The van der Waals surface area contributed by atoms with E-state index in [9.17, 15) is 9.59 Å². The minimum absolute atomic E-state index is 0.218. The molecule has 0 aliphatic carbocycles. The van der Waals surface area contributed by atoms with Gasteiger partial charge in [-0.25, -0.2) is 0 Å². The number of nitrogens with one attached hydrogen (secondary N) is 1. The number of ether oxygens (including phenoxy) is 3. The first-order chi connectivity index (χ1) is 17.8. The molecule has 1 aliphatic rings. The maximum Gasteiger partial charge on any atom is 0.270 e. The number of halogens is 2. The number of benzene rings is 3. The summed E-state index contributed by atoms with van der Waals surface area (Å²) < 4.78 is 17.5. The second-order valence-electron chi connectivity index (χ2n) is 7.59. The highest BCUT2D eigenvalue weighted by Crippen LogP contribution is 2.37. The molecule has 11 heteroatoms. The van der Waals surface area contributed by atoms with Crippen molar-refractivity contribution in [1.82, 2.24) is 0 Å². The molecule has 2 amide bonds. The monoisotopic (exact) mass is 618 g/mol. The van der Waals surface area contributed by atoms with Gasteiger partial charge in [0, 0.05) is 10.2 Å². The fourth-order valence-corrected chi connectivity index (χ4v) is 5.11. The Kier molecular flexibility index (Phi) is 8.75. The van der Waals surface area contributed by atoms with Crippen LogP contribution in [0.5, 0.6) is 17.2 Å². The molecule has 7 nitrogen and oxygen atoms in total. The summed E-state index contributed by atoms with van der Waals surface area (Å²) in [5.74, 6) is 0.915. The van der Waals surface area contributed by atoms with Crippen LogP contribution in [0.3, 0.4) is 0 Å². The summed E-state index contributed by atoms with van der Waals surface area (Å²) in [6.45, 7) is -0.232. The van der Waals surface area contributed by atoms with Crippen LogP contribution in [0.1, 0.15) is 5.56 Å². The molecule has 0 spiro atoms. The minimum atomic E-state index is -0.355. The van der Waals surface area contributed by atoms with Crippen LogP contribution in [0.15, 0.2) is 70.0 Å². The molecular formula is C26H20BrClN2O5S2. The van der Waals surface area contributed by atoms with Crippen LogP contribution in [0.25, 0.3) is 6.08 Å². The lowest BCUT2D eigenvalue weighted by molar-refractivity contribution is -0.118. The second-order valence-corrected chi connectivity index (χ2v) is 10.5. The number of nitrogens with zero attached hydrogens (tertiary/aromatic N) is 1. The standard InChI is InChI=1S/C26H20BrClN2O5S2/c1-33-18-7-5-17(6-8-18)30-25(32)23(37-26(30)36)12-15-3-10-21(22(11-15)34-2)35-14-24(31)29-16-4-9-19(27)20(28)13-16/h3-13H,14H2,1-2H3,(H,29,31)/b23-12-. The van der Waals surface area contributed by atoms with Crippen molar-refractivity contribution in [2.24, 2.45) is 0 Å². The molecule has 1 N–H and O–H groups in total. The van der Waals surface area contributed by atoms with E-state index < -0.39 is 0 Å². The molecule has 1 fully saturated rings. The van der Waals surface area contributed by atoms with Gasteiger partial charge in [0.1, 0.15) is 5.75 Å². The number of thiocarbonyl (C=S) groups is 1. The Hall–Kier alpha value is -3.05. The van der Waals surface area contributed by atoms with Crippen molar-refractivity contribution in [3.63, 3.8) is 0 Å². The highest BCUT2D eigenvalue weighted by molar-refractivity contribution is 9.10. The van der Waals surface area contributed by atoms with E-state index in [1.54, 1.807) is 73.8 Å². The third kappa shape index (κ3) is 6.45. The maximum absolute atomic E-state index is 13.1. The molecule has 3 aromatic rings. The van der Waals surface area contributed by atoms with E-state index in [0.717, 1.165) is 4.47 Å². The zero-order valence-electron chi connectivity index (χ0n) is 19.6. The van der Waals surface area contributed by atoms with E-state index in [4.69, 9.17) is 38.0 Å². The Morgan fingerprint density at radius 3 is 2.51 bits per heavy atom. The van der Waals surface area contributed by atoms with Crippen molar-refractivity contribution in [3.8, 4) is 17.2 Å². The van der Waals surface area contributed by atoms with Gasteiger partial charge in [-0.2, -0.15) is 0 Å². The molecule has 3 aromatic carbocycles. The molecule has 0 radical (unpaired) electrons. The number of amides is 2. The summed E-state index contributed by atoms with van der Waals surface area (Å²) in [6.07, 6.45) is 1.74. The number of methoxy groups -OCH3 is 2. The number of anilines is 2. The summed E-state index contributed by atoms with van der Waals surface area (Å²) in [5, 5.41) is 3.21. The Bertz CT molecular complexity index is 1400. The van der Waals surface area contributed by atoms with Crippen LogP contribution in [0.2, 0.25) is 5.02 Å². The van der Waals surface area contributed by atoms with Gasteiger partial charge >= 0.3 is 0 Å². The third-order valence-electron chi connectivity index (χ3n) is 5.17. The van der Waals surface area contributed by atoms with Crippen LogP contribution in [-0.4, -0.2) is 37.0 Å². The van der Waals surface area contributed by atoms with E-state index >= 15 is 0 Å². The van der Waals surface area contributed by atoms with Gasteiger partial charge in [0.2, 0.25) is 0 Å². The topological polar surface area (TPSA) is 77.1 Å². The van der Waals surface area contributed by atoms with Crippen LogP contribution >= 0.6 is 51.5 Å². The minimum Gasteiger partial charge on any atom is -0.497 e. The average Bonchev–Trinajstić information content (AvgIpc) is 3.17. The van der Waals surface area contributed by atoms with Gasteiger partial charge in [0.05, 0.1) is 29.8 Å². The summed E-state index contributed by atoms with van der Waals surface area (Å²) >= 11 is 16.0. The third-order valence-corrected chi connectivity index (χ3v) is 7.71. The largest absolute Gasteiger partial charge is 0.497 e. The molecule has 37 heavy (non-hydrogen) atoms. The molecule has 0 atom stereocenters. The fraction of sp³-hybridized carbons (Fsp3) is 0.115. The highest BCUT2D eigenvalue weighted by atomic mass is 79.9. The summed E-state index contributed by atoms with van der Waals surface area (Å²) in [5.41, 5.74) is 1.93. The van der Waals surface area contributed by atoms with Gasteiger partial charge in [0.15, 0.2) is 22.4 Å².